The van der Waals surface area contributed by atoms with Crippen molar-refractivity contribution in [3.05, 3.63) is 41.3 Å². The number of amides is 2. The van der Waals surface area contributed by atoms with Crippen LogP contribution in [0.5, 0.6) is 0 Å². The molecule has 160 valence electrons. The largest absolute Gasteiger partial charge is 0.339 e. The molecule has 1 aromatic carbocycles. The Kier molecular flexibility index (Phi) is 7.98. The monoisotopic (exact) mass is 421 g/mol. The Labute approximate surface area is 173 Å². The van der Waals surface area contributed by atoms with Crippen LogP contribution in [0.3, 0.4) is 0 Å². The molecule has 2 amide bonds. The summed E-state index contributed by atoms with van der Waals surface area (Å²) in [5, 5.41) is 1.09. The Hall–Kier alpha value is -2.19. The smallest absolute Gasteiger partial charge is 0.241 e. The maximum Gasteiger partial charge on any atom is 0.241 e. The second-order valence-corrected chi connectivity index (χ2v) is 9.50. The number of hydrogen-bond acceptors (Lipinski definition) is 4. The van der Waals surface area contributed by atoms with Crippen LogP contribution in [0.2, 0.25) is 0 Å². The van der Waals surface area contributed by atoms with Crippen molar-refractivity contribution in [1.82, 2.24) is 14.5 Å². The molecule has 0 unspecified atom stereocenters. The number of benzene rings is 1. The molecule has 1 atom stereocenters. The zero-order valence-electron chi connectivity index (χ0n) is 17.5. The van der Waals surface area contributed by atoms with Crippen LogP contribution in [0.4, 0.5) is 0 Å². The maximum absolute atomic E-state index is 13.0. The normalized spacial score (nSPS) is 16.6. The van der Waals surface area contributed by atoms with Gasteiger partial charge in [-0.3, -0.25) is 9.59 Å². The molecular weight excluding hydrogens is 390 g/mol. The van der Waals surface area contributed by atoms with Crippen molar-refractivity contribution in [3.63, 3.8) is 0 Å². The molecule has 1 aliphatic heterocycles. The van der Waals surface area contributed by atoms with E-state index in [0.29, 0.717) is 26.2 Å². The van der Waals surface area contributed by atoms with Crippen molar-refractivity contribution < 1.29 is 18.0 Å². The van der Waals surface area contributed by atoms with Gasteiger partial charge in [0.1, 0.15) is 6.04 Å². The first kappa shape index (κ1) is 23.1. The van der Waals surface area contributed by atoms with Crippen molar-refractivity contribution in [2.45, 2.75) is 33.7 Å². The number of nitrogens with zero attached hydrogens (tertiary/aromatic N) is 2. The minimum absolute atomic E-state index is 0.0734. The van der Waals surface area contributed by atoms with E-state index in [9.17, 15) is 18.0 Å². The van der Waals surface area contributed by atoms with E-state index in [1.807, 2.05) is 45.9 Å². The molecule has 1 N–H and O–H groups in total. The summed E-state index contributed by atoms with van der Waals surface area (Å²) >= 11 is 0. The van der Waals surface area contributed by atoms with Crippen molar-refractivity contribution in [1.29, 1.82) is 0 Å². The number of sulfonamides is 1. The molecule has 1 aromatic rings. The van der Waals surface area contributed by atoms with Crippen LogP contribution in [-0.2, 0) is 19.6 Å². The summed E-state index contributed by atoms with van der Waals surface area (Å²) in [6.45, 7) is 9.07. The average Bonchev–Trinajstić information content (AvgIpc) is 2.70. The second kappa shape index (κ2) is 10.0. The van der Waals surface area contributed by atoms with Crippen LogP contribution in [0.25, 0.3) is 6.08 Å². The quantitative estimate of drug-likeness (QED) is 0.729. The van der Waals surface area contributed by atoms with E-state index in [0.717, 1.165) is 11.0 Å². The topological polar surface area (TPSA) is 86.8 Å². The predicted octanol–water partition coefficient (Wildman–Crippen LogP) is 1.93. The lowest BCUT2D eigenvalue weighted by molar-refractivity contribution is -0.142. The Balaban J connectivity index is 2.03. The molecule has 1 saturated heterocycles. The van der Waals surface area contributed by atoms with Crippen molar-refractivity contribution in [3.8, 4) is 0 Å². The van der Waals surface area contributed by atoms with Gasteiger partial charge in [0, 0.05) is 37.5 Å². The third-order valence-electron chi connectivity index (χ3n) is 4.86. The van der Waals surface area contributed by atoms with E-state index >= 15 is 0 Å². The zero-order chi connectivity index (χ0) is 21.6. The predicted molar refractivity (Wildman–Crippen MR) is 114 cm³/mol. The highest BCUT2D eigenvalue weighted by Crippen LogP contribution is 2.13. The molecule has 0 bridgehead atoms. The van der Waals surface area contributed by atoms with E-state index in [1.165, 1.54) is 6.08 Å². The molecule has 8 heteroatoms. The Bertz CT molecular complexity index is 827. The van der Waals surface area contributed by atoms with Gasteiger partial charge in [0.05, 0.1) is 0 Å². The van der Waals surface area contributed by atoms with Crippen LogP contribution in [0.1, 0.15) is 33.3 Å². The van der Waals surface area contributed by atoms with Gasteiger partial charge in [0.2, 0.25) is 21.8 Å². The van der Waals surface area contributed by atoms with E-state index in [-0.39, 0.29) is 23.7 Å². The minimum Gasteiger partial charge on any atom is -0.339 e. The first-order valence-electron chi connectivity index (χ1n) is 9.93. The summed E-state index contributed by atoms with van der Waals surface area (Å²) in [5.74, 6) is -0.473. The Morgan fingerprint density at radius 3 is 1.93 bits per heavy atom. The fraction of sp³-hybridized carbons (Fsp3) is 0.524. The van der Waals surface area contributed by atoms with Gasteiger partial charge < -0.3 is 9.80 Å². The van der Waals surface area contributed by atoms with Gasteiger partial charge in [-0.2, -0.15) is 4.72 Å². The molecule has 7 nitrogen and oxygen atoms in total. The second-order valence-electron chi connectivity index (χ2n) is 7.90. The first-order valence-corrected chi connectivity index (χ1v) is 11.5. The van der Waals surface area contributed by atoms with Gasteiger partial charge in [0.15, 0.2) is 0 Å². The highest BCUT2D eigenvalue weighted by atomic mass is 32.2. The average molecular weight is 422 g/mol. The lowest BCUT2D eigenvalue weighted by Gasteiger charge is -2.37. The minimum atomic E-state index is -3.79. The first-order chi connectivity index (χ1) is 13.6. The number of carbonyl (C=O) groups excluding carboxylic acids is 2. The highest BCUT2D eigenvalue weighted by molar-refractivity contribution is 7.92. The van der Waals surface area contributed by atoms with Crippen LogP contribution < -0.4 is 4.72 Å². The lowest BCUT2D eigenvalue weighted by atomic mass is 10.0. The Morgan fingerprint density at radius 2 is 1.45 bits per heavy atom. The van der Waals surface area contributed by atoms with Gasteiger partial charge in [-0.05, 0) is 17.6 Å². The van der Waals surface area contributed by atoms with Gasteiger partial charge in [0.25, 0.3) is 0 Å². The third kappa shape index (κ3) is 6.68. The maximum atomic E-state index is 13.0. The summed E-state index contributed by atoms with van der Waals surface area (Å²) in [7, 11) is -3.79. The number of piperazine rings is 1. The molecule has 29 heavy (non-hydrogen) atoms. The fourth-order valence-corrected chi connectivity index (χ4v) is 4.27. The number of carbonyl (C=O) groups is 2. The molecular formula is C21H31N3O4S. The number of rotatable bonds is 7. The van der Waals surface area contributed by atoms with Crippen LogP contribution in [-0.4, -0.2) is 62.3 Å². The van der Waals surface area contributed by atoms with Gasteiger partial charge in [-0.25, -0.2) is 8.42 Å². The van der Waals surface area contributed by atoms with Crippen LogP contribution >= 0.6 is 0 Å². The third-order valence-corrected chi connectivity index (χ3v) is 5.94. The van der Waals surface area contributed by atoms with E-state index in [4.69, 9.17) is 0 Å². The molecule has 0 radical (unpaired) electrons. The standard InChI is InChI=1S/C21H31N3O4S/c1-16(2)19(22-29(27,28)15-10-18-8-6-5-7-9-18)21(26)24-13-11-23(12-14-24)20(25)17(3)4/h5-10,15-17,19,22H,11-14H2,1-4H3/b15-10+/t19-/m1/s1. The van der Waals surface area contributed by atoms with Crippen LogP contribution in [0.15, 0.2) is 35.7 Å². The van der Waals surface area contributed by atoms with Crippen molar-refractivity contribution >= 4 is 27.9 Å². The molecule has 1 aliphatic rings. The molecule has 0 aromatic heterocycles. The summed E-state index contributed by atoms with van der Waals surface area (Å²) < 4.78 is 27.5. The number of hydrogen-bond donors (Lipinski definition) is 1. The van der Waals surface area contributed by atoms with Crippen molar-refractivity contribution in [2.75, 3.05) is 26.2 Å². The SMILES string of the molecule is CC(C)C(=O)N1CCN(C(=O)[C@H](NS(=O)(=O)/C=C/c2ccccc2)C(C)C)CC1. The van der Waals surface area contributed by atoms with Crippen LogP contribution in [0, 0.1) is 11.8 Å². The van der Waals surface area contributed by atoms with E-state index < -0.39 is 16.1 Å². The molecule has 0 spiro atoms. The summed E-state index contributed by atoms with van der Waals surface area (Å²) in [4.78, 5) is 28.5. The van der Waals surface area contributed by atoms with Gasteiger partial charge in [-0.1, -0.05) is 58.0 Å². The van der Waals surface area contributed by atoms with Gasteiger partial charge >= 0.3 is 0 Å². The molecule has 1 fully saturated rings. The van der Waals surface area contributed by atoms with Crippen molar-refractivity contribution in [2.24, 2.45) is 11.8 Å². The summed E-state index contributed by atoms with van der Waals surface area (Å²) in [6.07, 6.45) is 1.50. The van der Waals surface area contributed by atoms with E-state index in [1.54, 1.807) is 21.9 Å². The van der Waals surface area contributed by atoms with E-state index in [2.05, 4.69) is 4.72 Å². The molecule has 0 aliphatic carbocycles. The van der Waals surface area contributed by atoms with Gasteiger partial charge in [-0.15, -0.1) is 0 Å². The molecule has 2 rings (SSSR count). The fourth-order valence-electron chi connectivity index (χ4n) is 3.13. The number of nitrogens with one attached hydrogen (secondary N) is 1. The summed E-state index contributed by atoms with van der Waals surface area (Å²) in [6, 6.07) is 8.25. The highest BCUT2D eigenvalue weighted by Gasteiger charge is 2.33. The molecule has 0 saturated carbocycles. The molecule has 1 heterocycles. The summed E-state index contributed by atoms with van der Waals surface area (Å²) in [5.41, 5.74) is 0.760. The Morgan fingerprint density at radius 1 is 0.931 bits per heavy atom. The lowest BCUT2D eigenvalue weighted by Crippen LogP contribution is -2.57. The zero-order valence-corrected chi connectivity index (χ0v) is 18.4.